The highest BCUT2D eigenvalue weighted by molar-refractivity contribution is 5.95. The summed E-state index contributed by atoms with van der Waals surface area (Å²) in [5.74, 6) is 0.901. The van der Waals surface area contributed by atoms with Crippen molar-refractivity contribution in [3.05, 3.63) is 54.1 Å². The number of nitrogens with one attached hydrogen (secondary N) is 2. The van der Waals surface area contributed by atoms with Gasteiger partial charge in [-0.25, -0.2) is 0 Å². The Morgan fingerprint density at radius 1 is 1.00 bits per heavy atom. The van der Waals surface area contributed by atoms with Crippen molar-refractivity contribution >= 4 is 29.6 Å². The van der Waals surface area contributed by atoms with E-state index >= 15 is 0 Å². The van der Waals surface area contributed by atoms with Crippen LogP contribution in [0, 0.1) is 5.41 Å². The van der Waals surface area contributed by atoms with Crippen LogP contribution in [0.25, 0.3) is 0 Å². The molecule has 19 heavy (non-hydrogen) atoms. The molecular formula is C14H16ClN3O. The van der Waals surface area contributed by atoms with E-state index in [0.717, 1.165) is 22.7 Å². The Bertz CT molecular complexity index is 538. The Kier molecular flexibility index (Phi) is 5.21. The van der Waals surface area contributed by atoms with Crippen LogP contribution in [-0.2, 0) is 0 Å². The Balaban J connectivity index is 0.00000180. The highest BCUT2D eigenvalue weighted by Gasteiger charge is 1.98. The van der Waals surface area contributed by atoms with E-state index in [2.05, 4.69) is 5.32 Å². The lowest BCUT2D eigenvalue weighted by atomic mass is 10.2. The Morgan fingerprint density at radius 3 is 1.89 bits per heavy atom. The number of hydrogen-bond acceptors (Lipinski definition) is 3. The minimum Gasteiger partial charge on any atom is -0.497 e. The number of hydrogen-bond donors (Lipinski definition) is 3. The number of nitrogen functional groups attached to an aromatic ring is 1. The average molecular weight is 278 g/mol. The average Bonchev–Trinajstić information content (AvgIpc) is 2.40. The van der Waals surface area contributed by atoms with Gasteiger partial charge in [0.1, 0.15) is 11.6 Å². The van der Waals surface area contributed by atoms with Gasteiger partial charge in [0.25, 0.3) is 0 Å². The third-order valence-corrected chi connectivity index (χ3v) is 2.57. The van der Waals surface area contributed by atoms with E-state index in [4.69, 9.17) is 15.9 Å². The molecule has 4 N–H and O–H groups in total. The molecule has 0 aliphatic heterocycles. The van der Waals surface area contributed by atoms with Gasteiger partial charge in [-0.15, -0.1) is 12.4 Å². The second kappa shape index (κ2) is 6.66. The minimum atomic E-state index is 0. The smallest absolute Gasteiger partial charge is 0.122 e. The zero-order valence-corrected chi connectivity index (χ0v) is 11.3. The molecule has 0 unspecified atom stereocenters. The van der Waals surface area contributed by atoms with Crippen LogP contribution in [-0.4, -0.2) is 12.9 Å². The maximum Gasteiger partial charge on any atom is 0.122 e. The lowest BCUT2D eigenvalue weighted by Gasteiger charge is -2.08. The molecule has 0 amide bonds. The summed E-state index contributed by atoms with van der Waals surface area (Å²) in [7, 11) is 1.64. The van der Waals surface area contributed by atoms with E-state index in [9.17, 15) is 0 Å². The molecule has 4 nitrogen and oxygen atoms in total. The molecule has 0 heterocycles. The van der Waals surface area contributed by atoms with Gasteiger partial charge in [-0.1, -0.05) is 0 Å². The summed E-state index contributed by atoms with van der Waals surface area (Å²) in [6.45, 7) is 0. The number of benzene rings is 2. The summed E-state index contributed by atoms with van der Waals surface area (Å²) in [5, 5.41) is 10.6. The van der Waals surface area contributed by atoms with E-state index in [-0.39, 0.29) is 18.2 Å². The first kappa shape index (κ1) is 14.9. The predicted octanol–water partition coefficient (Wildman–Crippen LogP) is 3.14. The number of methoxy groups -OCH3 is 1. The van der Waals surface area contributed by atoms with Crippen LogP contribution in [0.4, 0.5) is 11.4 Å². The number of halogens is 1. The van der Waals surface area contributed by atoms with Gasteiger partial charge in [-0.2, -0.15) is 0 Å². The predicted molar refractivity (Wildman–Crippen MR) is 81.0 cm³/mol. The molecule has 0 saturated carbocycles. The van der Waals surface area contributed by atoms with E-state index in [1.165, 1.54) is 0 Å². The summed E-state index contributed by atoms with van der Waals surface area (Å²) < 4.78 is 5.10. The maximum atomic E-state index is 7.32. The van der Waals surface area contributed by atoms with Crippen molar-refractivity contribution in [3.63, 3.8) is 0 Å². The van der Waals surface area contributed by atoms with Gasteiger partial charge in [-0.3, -0.25) is 5.41 Å². The molecule has 0 bridgehead atoms. The minimum absolute atomic E-state index is 0. The topological polar surface area (TPSA) is 71.1 Å². The molecule has 0 fully saturated rings. The normalized spacial score (nSPS) is 9.32. The van der Waals surface area contributed by atoms with E-state index in [1.54, 1.807) is 7.11 Å². The summed E-state index contributed by atoms with van der Waals surface area (Å²) in [6, 6.07) is 15.1. The molecule has 0 saturated heterocycles. The number of nitrogens with two attached hydrogens (primary N) is 1. The van der Waals surface area contributed by atoms with Crippen molar-refractivity contribution in [1.82, 2.24) is 0 Å². The number of rotatable bonds is 4. The van der Waals surface area contributed by atoms with Crippen LogP contribution < -0.4 is 15.8 Å². The molecule has 2 aromatic rings. The van der Waals surface area contributed by atoms with Crippen LogP contribution in [0.2, 0.25) is 0 Å². The van der Waals surface area contributed by atoms with Crippen LogP contribution in [0.5, 0.6) is 5.75 Å². The van der Waals surface area contributed by atoms with Gasteiger partial charge in [0.05, 0.1) is 7.11 Å². The molecular weight excluding hydrogens is 262 g/mol. The molecule has 0 aliphatic rings. The molecule has 0 radical (unpaired) electrons. The number of anilines is 2. The molecule has 0 spiro atoms. The molecule has 100 valence electrons. The molecule has 0 atom stereocenters. The van der Waals surface area contributed by atoms with E-state index < -0.39 is 0 Å². The van der Waals surface area contributed by atoms with Crippen LogP contribution >= 0.6 is 12.4 Å². The second-order valence-electron chi connectivity index (χ2n) is 3.84. The number of amidine groups is 1. The third-order valence-electron chi connectivity index (χ3n) is 2.57. The number of ether oxygens (including phenoxy) is 1. The fourth-order valence-corrected chi connectivity index (χ4v) is 1.57. The monoisotopic (exact) mass is 277 g/mol. The molecule has 5 heteroatoms. The van der Waals surface area contributed by atoms with Crippen LogP contribution in [0.1, 0.15) is 5.56 Å². The van der Waals surface area contributed by atoms with E-state index in [0.29, 0.717) is 0 Å². The zero-order valence-electron chi connectivity index (χ0n) is 10.5. The van der Waals surface area contributed by atoms with Crippen LogP contribution in [0.15, 0.2) is 48.5 Å². The molecule has 2 aromatic carbocycles. The van der Waals surface area contributed by atoms with Crippen molar-refractivity contribution < 1.29 is 4.74 Å². The lowest BCUT2D eigenvalue weighted by molar-refractivity contribution is 0.415. The van der Waals surface area contributed by atoms with Crippen molar-refractivity contribution in [1.29, 1.82) is 5.41 Å². The van der Waals surface area contributed by atoms with Crippen molar-refractivity contribution in [2.75, 3.05) is 12.4 Å². The summed E-state index contributed by atoms with van der Waals surface area (Å²) in [6.07, 6.45) is 0. The largest absolute Gasteiger partial charge is 0.497 e. The first-order valence-electron chi connectivity index (χ1n) is 5.54. The molecule has 0 aliphatic carbocycles. The van der Waals surface area contributed by atoms with Gasteiger partial charge in [0.2, 0.25) is 0 Å². The van der Waals surface area contributed by atoms with Crippen LogP contribution in [0.3, 0.4) is 0 Å². The zero-order chi connectivity index (χ0) is 13.0. The van der Waals surface area contributed by atoms with Crippen molar-refractivity contribution in [3.8, 4) is 5.75 Å². The van der Waals surface area contributed by atoms with Gasteiger partial charge in [-0.05, 0) is 48.5 Å². The summed E-state index contributed by atoms with van der Waals surface area (Å²) in [5.41, 5.74) is 8.04. The van der Waals surface area contributed by atoms with Gasteiger partial charge in [0, 0.05) is 16.9 Å². The molecule has 0 aromatic heterocycles. The standard InChI is InChI=1S/C14H15N3O.ClH/c1-18-13-8-6-12(7-9-13)17-11-4-2-10(3-5-11)14(15)16;/h2-9,17H,1H3,(H3,15,16);1H. The van der Waals surface area contributed by atoms with Gasteiger partial charge < -0.3 is 15.8 Å². The van der Waals surface area contributed by atoms with Gasteiger partial charge >= 0.3 is 0 Å². The quantitative estimate of drug-likeness (QED) is 0.594. The first-order valence-corrected chi connectivity index (χ1v) is 5.54. The van der Waals surface area contributed by atoms with Crippen molar-refractivity contribution in [2.24, 2.45) is 5.73 Å². The molecule has 2 rings (SSSR count). The lowest BCUT2D eigenvalue weighted by Crippen LogP contribution is -2.10. The van der Waals surface area contributed by atoms with E-state index in [1.807, 2.05) is 48.5 Å². The van der Waals surface area contributed by atoms with Crippen molar-refractivity contribution in [2.45, 2.75) is 0 Å². The van der Waals surface area contributed by atoms with Gasteiger partial charge in [0.15, 0.2) is 0 Å². The summed E-state index contributed by atoms with van der Waals surface area (Å²) in [4.78, 5) is 0. The fourth-order valence-electron chi connectivity index (χ4n) is 1.57. The Labute approximate surface area is 118 Å². The summed E-state index contributed by atoms with van der Waals surface area (Å²) >= 11 is 0. The SMILES string of the molecule is COc1ccc(Nc2ccc(C(=N)N)cc2)cc1.Cl. The highest BCUT2D eigenvalue weighted by atomic mass is 35.5. The highest BCUT2D eigenvalue weighted by Crippen LogP contribution is 2.20. The fraction of sp³-hybridized carbons (Fsp3) is 0.0714. The Morgan fingerprint density at radius 2 is 1.47 bits per heavy atom. The first-order chi connectivity index (χ1) is 8.69. The maximum absolute atomic E-state index is 7.32. The Hall–Kier alpha value is -2.20. The third kappa shape index (κ3) is 3.89. The second-order valence-corrected chi connectivity index (χ2v) is 3.84.